The zero-order chi connectivity index (χ0) is 26.4. The monoisotopic (exact) mass is 531 g/mol. The van der Waals surface area contributed by atoms with Gasteiger partial charge in [-0.05, 0) is 38.4 Å². The summed E-state index contributed by atoms with van der Waals surface area (Å²) < 4.78 is 11.1. The first-order chi connectivity index (χ1) is 17.1. The molecule has 2 aromatic heterocycles. The quantitative estimate of drug-likeness (QED) is 0.175. The Morgan fingerprint density at radius 3 is 2.53 bits per heavy atom. The highest BCUT2D eigenvalue weighted by Gasteiger charge is 2.19. The van der Waals surface area contributed by atoms with Crippen LogP contribution in [0.3, 0.4) is 0 Å². The number of aromatic nitrogens is 2. The predicted molar refractivity (Wildman–Crippen MR) is 141 cm³/mol. The van der Waals surface area contributed by atoms with E-state index in [9.17, 15) is 4.79 Å². The summed E-state index contributed by atoms with van der Waals surface area (Å²) in [6, 6.07) is 6.41. The molecule has 0 aliphatic carbocycles. The topological polar surface area (TPSA) is 152 Å². The number of methoxy groups -OCH3 is 1. The molecule has 36 heavy (non-hydrogen) atoms. The lowest BCUT2D eigenvalue weighted by atomic mass is 10.0. The molecule has 0 aliphatic heterocycles. The van der Waals surface area contributed by atoms with E-state index in [4.69, 9.17) is 49.6 Å². The number of hydrogen-bond donors (Lipinski definition) is 4. The summed E-state index contributed by atoms with van der Waals surface area (Å²) in [5.41, 5.74) is 14.3. The first-order valence-corrected chi connectivity index (χ1v) is 11.5. The van der Waals surface area contributed by atoms with E-state index < -0.39 is 6.23 Å². The van der Waals surface area contributed by atoms with Crippen LogP contribution in [0.4, 0.5) is 11.4 Å². The van der Waals surface area contributed by atoms with E-state index in [0.717, 1.165) is 0 Å². The highest BCUT2D eigenvalue weighted by Crippen LogP contribution is 2.32. The normalized spacial score (nSPS) is 11.8. The highest BCUT2D eigenvalue weighted by molar-refractivity contribution is 6.35. The van der Waals surface area contributed by atoms with Gasteiger partial charge in [-0.3, -0.25) is 20.9 Å². The lowest BCUT2D eigenvalue weighted by Crippen LogP contribution is -2.21. The minimum absolute atomic E-state index is 0.0606. The van der Waals surface area contributed by atoms with Gasteiger partial charge < -0.3 is 25.4 Å². The molecule has 10 nitrogen and oxygen atoms in total. The van der Waals surface area contributed by atoms with Gasteiger partial charge in [-0.25, -0.2) is 4.98 Å². The first kappa shape index (κ1) is 27.2. The van der Waals surface area contributed by atoms with E-state index in [-0.39, 0.29) is 34.0 Å². The van der Waals surface area contributed by atoms with Crippen molar-refractivity contribution in [1.29, 1.82) is 5.41 Å². The molecule has 2 heterocycles. The summed E-state index contributed by atoms with van der Waals surface area (Å²) in [6.45, 7) is 0.582. The Morgan fingerprint density at radius 1 is 1.19 bits per heavy atom. The van der Waals surface area contributed by atoms with Crippen LogP contribution < -0.4 is 26.3 Å². The number of ether oxygens (including phenoxy) is 2. The number of nitrogens with zero attached hydrogens (tertiary/aromatic N) is 3. The van der Waals surface area contributed by atoms with Crippen LogP contribution in [0, 0.1) is 5.41 Å². The molecule has 1 aromatic carbocycles. The van der Waals surface area contributed by atoms with Crippen molar-refractivity contribution in [2.75, 3.05) is 38.8 Å². The van der Waals surface area contributed by atoms with Gasteiger partial charge in [-0.15, -0.1) is 0 Å². The minimum atomic E-state index is -0.981. The van der Waals surface area contributed by atoms with Crippen LogP contribution in [0.5, 0.6) is 11.6 Å². The van der Waals surface area contributed by atoms with Crippen LogP contribution in [-0.4, -0.2) is 54.2 Å². The van der Waals surface area contributed by atoms with Gasteiger partial charge in [0.2, 0.25) is 11.8 Å². The highest BCUT2D eigenvalue weighted by atomic mass is 35.5. The predicted octanol–water partition coefficient (Wildman–Crippen LogP) is 3.72. The summed E-state index contributed by atoms with van der Waals surface area (Å²) in [5, 5.41) is 12.1. The smallest absolute Gasteiger partial charge is 0.237 e. The molecule has 3 aromatic rings. The third-order valence-electron chi connectivity index (χ3n) is 5.13. The maximum Gasteiger partial charge on any atom is 0.237 e. The molecule has 0 aliphatic rings. The number of benzene rings is 1. The number of rotatable bonds is 10. The summed E-state index contributed by atoms with van der Waals surface area (Å²) in [5.74, 6) is 0.371. The Labute approximate surface area is 219 Å². The van der Waals surface area contributed by atoms with Crippen LogP contribution in [0.25, 0.3) is 0 Å². The Morgan fingerprint density at radius 2 is 1.89 bits per heavy atom. The molecule has 0 unspecified atom stereocenters. The van der Waals surface area contributed by atoms with Crippen molar-refractivity contribution in [1.82, 2.24) is 14.9 Å². The van der Waals surface area contributed by atoms with Crippen molar-refractivity contribution >= 4 is 46.2 Å². The molecule has 12 heteroatoms. The Bertz CT molecular complexity index is 1250. The lowest BCUT2D eigenvalue weighted by Gasteiger charge is -2.18. The van der Waals surface area contributed by atoms with E-state index in [1.54, 1.807) is 24.3 Å². The van der Waals surface area contributed by atoms with E-state index in [1.807, 2.05) is 19.0 Å². The van der Waals surface area contributed by atoms with Gasteiger partial charge in [0.25, 0.3) is 0 Å². The largest absolute Gasteiger partial charge is 0.480 e. The van der Waals surface area contributed by atoms with E-state index in [2.05, 4.69) is 15.3 Å². The number of pyridine rings is 2. The number of carbonyl (C=O) groups is 1. The molecule has 0 radical (unpaired) electrons. The molecule has 3 rings (SSSR count). The van der Waals surface area contributed by atoms with Crippen LogP contribution >= 0.6 is 23.2 Å². The zero-order valence-electron chi connectivity index (χ0n) is 20.0. The number of hydrogen-bond acceptors (Lipinski definition) is 9. The molecule has 6 N–H and O–H groups in total. The fraction of sp³-hybridized carbons (Fsp3) is 0.250. The van der Waals surface area contributed by atoms with Crippen LogP contribution in [0.2, 0.25) is 10.0 Å². The van der Waals surface area contributed by atoms with Crippen molar-refractivity contribution in [3.05, 3.63) is 69.6 Å². The average Bonchev–Trinajstić information content (AvgIpc) is 2.83. The van der Waals surface area contributed by atoms with Gasteiger partial charge in [0.15, 0.2) is 6.23 Å². The van der Waals surface area contributed by atoms with Crippen molar-refractivity contribution in [2.24, 2.45) is 5.73 Å². The Balaban J connectivity index is 1.86. The Hall–Kier alpha value is -3.44. The van der Waals surface area contributed by atoms with Gasteiger partial charge in [-0.1, -0.05) is 23.2 Å². The van der Waals surface area contributed by atoms with Gasteiger partial charge in [0, 0.05) is 53.9 Å². The van der Waals surface area contributed by atoms with Gasteiger partial charge in [0.05, 0.1) is 22.9 Å². The summed E-state index contributed by atoms with van der Waals surface area (Å²) in [4.78, 5) is 22.4. The summed E-state index contributed by atoms with van der Waals surface area (Å²) >= 11 is 12.4. The van der Waals surface area contributed by atoms with Crippen molar-refractivity contribution in [2.45, 2.75) is 12.6 Å². The molecular weight excluding hydrogens is 505 g/mol. The molecule has 0 saturated heterocycles. The third kappa shape index (κ3) is 6.61. The molecule has 0 bridgehead atoms. The molecular formula is C24H27Cl2N7O3. The van der Waals surface area contributed by atoms with E-state index in [0.29, 0.717) is 40.4 Å². The zero-order valence-corrected chi connectivity index (χ0v) is 21.5. The van der Waals surface area contributed by atoms with Crippen LogP contribution in [0.1, 0.15) is 29.3 Å². The molecule has 0 spiro atoms. The number of nitrogens with two attached hydrogens (primary N) is 2. The number of carbonyl (C=O) groups excluding carboxylic acids is 1. The minimum Gasteiger partial charge on any atom is -0.480 e. The molecule has 1 atom stereocenters. The number of anilines is 2. The third-order valence-corrected chi connectivity index (χ3v) is 5.73. The van der Waals surface area contributed by atoms with Gasteiger partial charge in [0.1, 0.15) is 11.4 Å². The molecule has 1 amide bonds. The molecule has 0 saturated carbocycles. The van der Waals surface area contributed by atoms with E-state index in [1.165, 1.54) is 25.7 Å². The van der Waals surface area contributed by atoms with Gasteiger partial charge in [-0.2, -0.15) is 0 Å². The van der Waals surface area contributed by atoms with Crippen LogP contribution in [0.15, 0.2) is 42.9 Å². The SMILES string of the molecule is COc1ncc(C(=N)c2cc(O[C@H](N)c3c(Cl)cncc3Cl)ccc2N)cc1NC(=O)CCN(C)C. The summed E-state index contributed by atoms with van der Waals surface area (Å²) in [6.07, 6.45) is 3.61. The van der Waals surface area contributed by atoms with Crippen molar-refractivity contribution in [3.63, 3.8) is 0 Å². The van der Waals surface area contributed by atoms with Crippen molar-refractivity contribution < 1.29 is 14.3 Å². The standard InChI is InChI=1S/C24H27Cl2N7O3/c1-33(2)7-6-20(34)32-19-8-13(10-31-24(19)35-3)22(28)15-9-14(4-5-18(15)27)36-23(29)21-16(25)11-30-12-17(21)26/h4-5,8-12,23,28H,6-7,27,29H2,1-3H3,(H,32,34)/t23-/m0/s1. The van der Waals surface area contributed by atoms with Gasteiger partial charge >= 0.3 is 0 Å². The first-order valence-electron chi connectivity index (χ1n) is 10.8. The second-order valence-electron chi connectivity index (χ2n) is 8.06. The average molecular weight is 532 g/mol. The summed E-state index contributed by atoms with van der Waals surface area (Å²) in [7, 11) is 5.21. The fourth-order valence-electron chi connectivity index (χ4n) is 3.26. The number of amides is 1. The second-order valence-corrected chi connectivity index (χ2v) is 8.88. The molecule has 0 fully saturated rings. The van der Waals surface area contributed by atoms with Crippen LogP contribution in [-0.2, 0) is 4.79 Å². The number of nitrogen functional groups attached to an aromatic ring is 1. The molecule has 190 valence electrons. The fourth-order valence-corrected chi connectivity index (χ4v) is 3.84. The van der Waals surface area contributed by atoms with E-state index >= 15 is 0 Å². The van der Waals surface area contributed by atoms with Crippen molar-refractivity contribution in [3.8, 4) is 11.6 Å². The number of halogens is 2. The number of nitrogens with one attached hydrogen (secondary N) is 2. The second kappa shape index (κ2) is 12.0. The lowest BCUT2D eigenvalue weighted by molar-refractivity contribution is -0.116. The maximum absolute atomic E-state index is 12.4. The maximum atomic E-state index is 12.4. The Kier molecular flexibility index (Phi) is 9.05.